The van der Waals surface area contributed by atoms with Crippen LogP contribution < -0.4 is 28.4 Å². The predicted molar refractivity (Wildman–Crippen MR) is 177 cm³/mol. The lowest BCUT2D eigenvalue weighted by molar-refractivity contribution is -0.383. The fourth-order valence-corrected chi connectivity index (χ4v) is 5.72. The summed E-state index contributed by atoms with van der Waals surface area (Å²) in [6.07, 6.45) is -12.0. The van der Waals surface area contributed by atoms with Crippen LogP contribution in [0.2, 0.25) is 0 Å². The number of aliphatic hydroxyl groups excluding tert-OH is 6. The number of esters is 2. The summed E-state index contributed by atoms with van der Waals surface area (Å²) in [6, 6.07) is 5.73. The van der Waals surface area contributed by atoms with E-state index in [2.05, 4.69) is 0 Å². The van der Waals surface area contributed by atoms with Crippen LogP contribution in [0.5, 0.6) is 34.5 Å². The van der Waals surface area contributed by atoms with Gasteiger partial charge < -0.3 is 82.7 Å². The minimum atomic E-state index is -2.44. The van der Waals surface area contributed by atoms with Crippen molar-refractivity contribution in [1.82, 2.24) is 0 Å². The van der Waals surface area contributed by atoms with E-state index in [-0.39, 0.29) is 22.8 Å². The monoisotopic (exact) mass is 756 g/mol. The number of carbonyl (C=O) groups is 2. The Bertz CT molecular complexity index is 1550. The number of benzene rings is 2. The van der Waals surface area contributed by atoms with Crippen molar-refractivity contribution >= 4 is 18.0 Å². The van der Waals surface area contributed by atoms with Crippen LogP contribution in [0, 0.1) is 0 Å². The summed E-state index contributed by atoms with van der Waals surface area (Å²) in [5.41, 5.74) is 0.366. The Morgan fingerprint density at radius 3 is 1.77 bits per heavy atom. The Hall–Kier alpha value is -4.44. The largest absolute Gasteiger partial charge is 0.493 e. The molecule has 0 aromatic heterocycles. The maximum absolute atomic E-state index is 13.3. The molecular formula is C34H44O19. The molecule has 2 aromatic rings. The molecular weight excluding hydrogens is 712 g/mol. The maximum Gasteiger partial charge on any atom is 0.338 e. The molecule has 0 aliphatic carbocycles. The van der Waals surface area contributed by atoms with Gasteiger partial charge in [0.05, 0.1) is 54.8 Å². The number of carbonyl (C=O) groups excluding carboxylic acids is 2. The molecule has 0 bridgehead atoms. The normalized spacial score (nSPS) is 28.3. The van der Waals surface area contributed by atoms with Crippen molar-refractivity contribution in [2.45, 2.75) is 54.8 Å². The lowest BCUT2D eigenvalue weighted by atomic mass is 9.98. The van der Waals surface area contributed by atoms with E-state index < -0.39 is 86.6 Å². The number of ether oxygens (including phenoxy) is 11. The molecule has 294 valence electrons. The summed E-state index contributed by atoms with van der Waals surface area (Å²) in [5.74, 6) is -3.04. The van der Waals surface area contributed by atoms with E-state index in [1.807, 2.05) is 0 Å². The van der Waals surface area contributed by atoms with Crippen LogP contribution in [0.4, 0.5) is 0 Å². The molecule has 0 amide bonds. The SMILES string of the molecule is COc1cc(/C=C/C(=O)OC2C(COC(=O)c3cc(OC)c(OC)c(OC)c3)OC(OC3(CO)OC(CO)C(O)C3O)C(O)C2O)cc(OC)c1OC. The first-order valence-electron chi connectivity index (χ1n) is 16.0. The lowest BCUT2D eigenvalue weighted by Crippen LogP contribution is -2.63. The molecule has 2 saturated heterocycles. The van der Waals surface area contributed by atoms with Gasteiger partial charge in [-0.05, 0) is 35.9 Å². The third kappa shape index (κ3) is 8.69. The van der Waals surface area contributed by atoms with E-state index in [9.17, 15) is 40.2 Å². The fraction of sp³-hybridized carbons (Fsp3) is 0.529. The van der Waals surface area contributed by atoms with Gasteiger partial charge in [-0.25, -0.2) is 9.59 Å². The molecule has 9 atom stereocenters. The molecule has 9 unspecified atom stereocenters. The van der Waals surface area contributed by atoms with Gasteiger partial charge in [0.25, 0.3) is 0 Å². The van der Waals surface area contributed by atoms with Crippen molar-refractivity contribution in [3.05, 3.63) is 41.5 Å². The first-order valence-corrected chi connectivity index (χ1v) is 16.0. The highest BCUT2D eigenvalue weighted by molar-refractivity contribution is 5.91. The van der Waals surface area contributed by atoms with Crippen LogP contribution in [-0.2, 0) is 28.5 Å². The average molecular weight is 757 g/mol. The fourth-order valence-electron chi connectivity index (χ4n) is 5.72. The number of rotatable bonds is 16. The number of methoxy groups -OCH3 is 6. The molecule has 53 heavy (non-hydrogen) atoms. The zero-order valence-corrected chi connectivity index (χ0v) is 29.7. The number of aliphatic hydroxyl groups is 6. The van der Waals surface area contributed by atoms with Gasteiger partial charge in [0.2, 0.25) is 17.3 Å². The zero-order valence-electron chi connectivity index (χ0n) is 29.7. The maximum atomic E-state index is 13.3. The Labute approximate surface area is 303 Å². The van der Waals surface area contributed by atoms with Crippen molar-refractivity contribution in [3.63, 3.8) is 0 Å². The average Bonchev–Trinajstić information content (AvgIpc) is 3.42. The van der Waals surface area contributed by atoms with Crippen molar-refractivity contribution in [2.75, 3.05) is 62.5 Å². The van der Waals surface area contributed by atoms with E-state index in [0.717, 1.165) is 6.08 Å². The van der Waals surface area contributed by atoms with Crippen molar-refractivity contribution in [1.29, 1.82) is 0 Å². The van der Waals surface area contributed by atoms with E-state index >= 15 is 0 Å². The molecule has 19 nitrogen and oxygen atoms in total. The van der Waals surface area contributed by atoms with Crippen molar-refractivity contribution in [2.24, 2.45) is 0 Å². The van der Waals surface area contributed by atoms with Gasteiger partial charge in [-0.1, -0.05) is 0 Å². The van der Waals surface area contributed by atoms with Crippen LogP contribution in [-0.4, -0.2) is 160 Å². The van der Waals surface area contributed by atoms with Crippen LogP contribution in [0.25, 0.3) is 6.08 Å². The third-order valence-corrected chi connectivity index (χ3v) is 8.49. The van der Waals surface area contributed by atoms with Gasteiger partial charge in [0.15, 0.2) is 35.4 Å². The van der Waals surface area contributed by atoms with Gasteiger partial charge in [-0.15, -0.1) is 0 Å². The molecule has 0 spiro atoms. The molecule has 0 saturated carbocycles. The Morgan fingerprint density at radius 2 is 1.30 bits per heavy atom. The van der Waals surface area contributed by atoms with Crippen LogP contribution in [0.3, 0.4) is 0 Å². The molecule has 2 aliphatic rings. The first-order chi connectivity index (χ1) is 25.3. The zero-order chi connectivity index (χ0) is 39.0. The van der Waals surface area contributed by atoms with Crippen LogP contribution in [0.1, 0.15) is 15.9 Å². The number of hydrogen-bond donors (Lipinski definition) is 6. The summed E-state index contributed by atoms with van der Waals surface area (Å²) < 4.78 is 59.6. The molecule has 2 aromatic carbocycles. The van der Waals surface area contributed by atoms with Crippen LogP contribution in [0.15, 0.2) is 30.3 Å². The summed E-state index contributed by atoms with van der Waals surface area (Å²) in [5, 5.41) is 62.9. The summed E-state index contributed by atoms with van der Waals surface area (Å²) in [6.45, 7) is -2.61. The Kier molecular flexibility index (Phi) is 14.1. The molecule has 2 fully saturated rings. The summed E-state index contributed by atoms with van der Waals surface area (Å²) in [7, 11) is 8.31. The van der Waals surface area contributed by atoms with E-state index in [4.69, 9.17) is 52.1 Å². The first kappa shape index (κ1) is 41.3. The van der Waals surface area contributed by atoms with Gasteiger partial charge in [-0.2, -0.15) is 0 Å². The van der Waals surface area contributed by atoms with Gasteiger partial charge >= 0.3 is 11.9 Å². The highest BCUT2D eigenvalue weighted by Gasteiger charge is 2.59. The van der Waals surface area contributed by atoms with Gasteiger partial charge in [0, 0.05) is 6.08 Å². The van der Waals surface area contributed by atoms with Crippen LogP contribution >= 0.6 is 0 Å². The second-order valence-corrected chi connectivity index (χ2v) is 11.6. The minimum Gasteiger partial charge on any atom is -0.493 e. The van der Waals surface area contributed by atoms with E-state index in [0.29, 0.717) is 22.8 Å². The smallest absolute Gasteiger partial charge is 0.338 e. The number of hydrogen-bond acceptors (Lipinski definition) is 19. The highest BCUT2D eigenvalue weighted by Crippen LogP contribution is 2.40. The Balaban J connectivity index is 1.61. The van der Waals surface area contributed by atoms with Gasteiger partial charge in [-0.3, -0.25) is 0 Å². The molecule has 2 heterocycles. The lowest BCUT2D eigenvalue weighted by Gasteiger charge is -2.44. The molecule has 4 rings (SSSR count). The summed E-state index contributed by atoms with van der Waals surface area (Å²) in [4.78, 5) is 26.4. The summed E-state index contributed by atoms with van der Waals surface area (Å²) >= 11 is 0. The molecule has 6 N–H and O–H groups in total. The van der Waals surface area contributed by atoms with Crippen molar-refractivity contribution < 1.29 is 92.3 Å². The van der Waals surface area contributed by atoms with Gasteiger partial charge in [0.1, 0.15) is 49.8 Å². The third-order valence-electron chi connectivity index (χ3n) is 8.49. The second kappa shape index (κ2) is 18.1. The standard InChI is InChI=1S/C34H44O19/c1-43-18-9-16(10-19(44-2)28(18)47-5)7-8-24(37)51-30-23(14-49-32(42)17-11-20(45-3)29(48-6)21(12-17)46-4)50-33(27(40)26(30)39)53-34(15-36)31(41)25(38)22(13-35)52-34/h7-12,22-23,25-27,30-31,33,35-36,38-41H,13-15H2,1-6H3/b8-7+. The highest BCUT2D eigenvalue weighted by atomic mass is 16.8. The molecule has 19 heteroatoms. The van der Waals surface area contributed by atoms with E-state index in [1.165, 1.54) is 60.9 Å². The van der Waals surface area contributed by atoms with E-state index in [1.54, 1.807) is 12.1 Å². The Morgan fingerprint density at radius 1 is 0.755 bits per heavy atom. The minimum absolute atomic E-state index is 0.0590. The molecule has 2 aliphatic heterocycles. The quantitative estimate of drug-likeness (QED) is 0.0867. The van der Waals surface area contributed by atoms with Crippen molar-refractivity contribution in [3.8, 4) is 34.5 Å². The predicted octanol–water partition coefficient (Wildman–Crippen LogP) is -1.21. The topological polar surface area (TPSA) is 257 Å². The second-order valence-electron chi connectivity index (χ2n) is 11.6. The molecule has 0 radical (unpaired) electrons.